The average molecular weight is 248 g/mol. The predicted octanol–water partition coefficient (Wildman–Crippen LogP) is 2.14. The summed E-state index contributed by atoms with van der Waals surface area (Å²) in [5.41, 5.74) is 8.13. The van der Waals surface area contributed by atoms with E-state index < -0.39 is 0 Å². The van der Waals surface area contributed by atoms with Gasteiger partial charge in [-0.1, -0.05) is 12.1 Å². The van der Waals surface area contributed by atoms with Crippen LogP contribution >= 0.6 is 11.3 Å². The number of amides is 2. The molecule has 2 amide bonds. The number of carbonyl (C=O) groups is 1. The van der Waals surface area contributed by atoms with Crippen molar-refractivity contribution in [2.45, 2.75) is 0 Å². The van der Waals surface area contributed by atoms with Gasteiger partial charge in [-0.2, -0.15) is 0 Å². The Bertz CT molecular complexity index is 538. The Morgan fingerprint density at radius 1 is 1.47 bits per heavy atom. The van der Waals surface area contributed by atoms with Crippen molar-refractivity contribution in [3.05, 3.63) is 29.6 Å². The second-order valence-corrected chi connectivity index (χ2v) is 4.23. The highest BCUT2D eigenvalue weighted by Gasteiger charge is 2.06. The Kier molecular flexibility index (Phi) is 3.24. The predicted molar refractivity (Wildman–Crippen MR) is 70.0 cm³/mol. The molecule has 0 aliphatic heterocycles. The van der Waals surface area contributed by atoms with Gasteiger partial charge in [0.1, 0.15) is 0 Å². The van der Waals surface area contributed by atoms with Crippen molar-refractivity contribution in [2.24, 2.45) is 0 Å². The lowest BCUT2D eigenvalue weighted by Gasteiger charge is -1.99. The lowest BCUT2D eigenvalue weighted by molar-refractivity contribution is 0.254. The lowest BCUT2D eigenvalue weighted by atomic mass is 10.1. The quantitative estimate of drug-likeness (QED) is 0.712. The fraction of sp³-hybridized carbons (Fsp3) is 0.0909. The molecular formula is C11H12N4OS. The minimum Gasteiger partial charge on any atom is -0.399 e. The maximum Gasteiger partial charge on any atom is 0.320 e. The fourth-order valence-corrected chi connectivity index (χ4v) is 2.04. The van der Waals surface area contributed by atoms with Crippen molar-refractivity contribution in [2.75, 3.05) is 18.1 Å². The van der Waals surface area contributed by atoms with Gasteiger partial charge in [-0.05, 0) is 12.1 Å². The standard InChI is InChI=1S/C11H12N4OS/c1-13-10(16)15-11-14-9(6-17-11)7-3-2-4-8(12)5-7/h2-6H,12H2,1H3,(H2,13,14,15,16). The van der Waals surface area contributed by atoms with E-state index in [1.165, 1.54) is 11.3 Å². The molecule has 0 saturated carbocycles. The molecule has 0 bridgehead atoms. The number of carbonyl (C=O) groups excluding carboxylic acids is 1. The minimum atomic E-state index is -0.279. The molecule has 88 valence electrons. The Hall–Kier alpha value is -2.08. The Morgan fingerprint density at radius 3 is 3.00 bits per heavy atom. The number of aromatic nitrogens is 1. The summed E-state index contributed by atoms with van der Waals surface area (Å²) in [7, 11) is 1.56. The molecule has 0 radical (unpaired) electrons. The molecule has 0 unspecified atom stereocenters. The van der Waals surface area contributed by atoms with Crippen LogP contribution < -0.4 is 16.4 Å². The van der Waals surface area contributed by atoms with E-state index in [4.69, 9.17) is 5.73 Å². The SMILES string of the molecule is CNC(=O)Nc1nc(-c2cccc(N)c2)cs1. The molecule has 0 saturated heterocycles. The van der Waals surface area contributed by atoms with Crippen molar-refractivity contribution in [3.63, 3.8) is 0 Å². The minimum absolute atomic E-state index is 0.279. The second-order valence-electron chi connectivity index (χ2n) is 3.37. The largest absolute Gasteiger partial charge is 0.399 e. The normalized spacial score (nSPS) is 9.94. The summed E-state index contributed by atoms with van der Waals surface area (Å²) < 4.78 is 0. The highest BCUT2D eigenvalue weighted by atomic mass is 32.1. The first-order valence-electron chi connectivity index (χ1n) is 4.99. The van der Waals surface area contributed by atoms with Gasteiger partial charge >= 0.3 is 6.03 Å². The van der Waals surface area contributed by atoms with E-state index in [0.29, 0.717) is 10.8 Å². The molecule has 0 atom stereocenters. The lowest BCUT2D eigenvalue weighted by Crippen LogP contribution is -2.24. The van der Waals surface area contributed by atoms with Gasteiger partial charge < -0.3 is 11.1 Å². The highest BCUT2D eigenvalue weighted by molar-refractivity contribution is 7.14. The number of rotatable bonds is 2. The number of benzene rings is 1. The number of nitrogen functional groups attached to an aromatic ring is 1. The zero-order valence-electron chi connectivity index (χ0n) is 9.23. The summed E-state index contributed by atoms with van der Waals surface area (Å²) in [5.74, 6) is 0. The average Bonchev–Trinajstić information content (AvgIpc) is 2.77. The summed E-state index contributed by atoms with van der Waals surface area (Å²) in [6.45, 7) is 0. The Morgan fingerprint density at radius 2 is 2.29 bits per heavy atom. The number of thiazole rings is 1. The zero-order chi connectivity index (χ0) is 12.3. The van der Waals surface area contributed by atoms with Crippen LogP contribution in [0.2, 0.25) is 0 Å². The Labute approximate surface area is 103 Å². The number of nitrogens with zero attached hydrogens (tertiary/aromatic N) is 1. The number of nitrogens with one attached hydrogen (secondary N) is 2. The van der Waals surface area contributed by atoms with Crippen molar-refractivity contribution in [1.82, 2.24) is 10.3 Å². The zero-order valence-corrected chi connectivity index (χ0v) is 10.0. The first-order chi connectivity index (χ1) is 8.19. The molecule has 4 N–H and O–H groups in total. The molecule has 0 aliphatic rings. The molecule has 6 heteroatoms. The molecule has 1 aromatic carbocycles. The third kappa shape index (κ3) is 2.73. The third-order valence-electron chi connectivity index (χ3n) is 2.13. The van der Waals surface area contributed by atoms with Crippen LogP contribution in [0.5, 0.6) is 0 Å². The van der Waals surface area contributed by atoms with Crippen molar-refractivity contribution in [3.8, 4) is 11.3 Å². The molecule has 0 fully saturated rings. The van der Waals surface area contributed by atoms with Crippen LogP contribution in [-0.2, 0) is 0 Å². The fourth-order valence-electron chi connectivity index (χ4n) is 1.32. The van der Waals surface area contributed by atoms with E-state index in [2.05, 4.69) is 15.6 Å². The van der Waals surface area contributed by atoms with Crippen molar-refractivity contribution < 1.29 is 4.79 Å². The van der Waals surface area contributed by atoms with E-state index in [-0.39, 0.29) is 6.03 Å². The maximum atomic E-state index is 11.1. The van der Waals surface area contributed by atoms with Crippen LogP contribution in [-0.4, -0.2) is 18.1 Å². The van der Waals surface area contributed by atoms with Crippen molar-refractivity contribution in [1.29, 1.82) is 0 Å². The highest BCUT2D eigenvalue weighted by Crippen LogP contribution is 2.25. The molecular weight excluding hydrogens is 236 g/mol. The van der Waals surface area contributed by atoms with Gasteiger partial charge in [-0.15, -0.1) is 11.3 Å². The van der Waals surface area contributed by atoms with Crippen LogP contribution in [0.25, 0.3) is 11.3 Å². The van der Waals surface area contributed by atoms with Crippen molar-refractivity contribution >= 4 is 28.2 Å². The van der Waals surface area contributed by atoms with Crippen LogP contribution in [0.3, 0.4) is 0 Å². The van der Waals surface area contributed by atoms with Gasteiger partial charge in [0.25, 0.3) is 0 Å². The number of nitrogens with two attached hydrogens (primary N) is 1. The van der Waals surface area contributed by atoms with Gasteiger partial charge in [-0.25, -0.2) is 9.78 Å². The summed E-state index contributed by atoms with van der Waals surface area (Å²) in [6, 6.07) is 7.18. The third-order valence-corrected chi connectivity index (χ3v) is 2.89. The smallest absolute Gasteiger partial charge is 0.320 e. The van der Waals surface area contributed by atoms with Crippen LogP contribution in [0.1, 0.15) is 0 Å². The molecule has 2 aromatic rings. The van der Waals surface area contributed by atoms with E-state index in [1.54, 1.807) is 7.05 Å². The Balaban J connectivity index is 2.21. The number of anilines is 2. The van der Waals surface area contributed by atoms with E-state index in [0.717, 1.165) is 11.3 Å². The van der Waals surface area contributed by atoms with Gasteiger partial charge in [0.05, 0.1) is 5.69 Å². The second kappa shape index (κ2) is 4.84. The van der Waals surface area contributed by atoms with Gasteiger partial charge in [0.2, 0.25) is 0 Å². The molecule has 1 heterocycles. The molecule has 17 heavy (non-hydrogen) atoms. The van der Waals surface area contributed by atoms with Crippen LogP contribution in [0, 0.1) is 0 Å². The van der Waals surface area contributed by atoms with E-state index >= 15 is 0 Å². The monoisotopic (exact) mass is 248 g/mol. The van der Waals surface area contributed by atoms with Crippen LogP contribution in [0.4, 0.5) is 15.6 Å². The van der Waals surface area contributed by atoms with E-state index in [1.807, 2.05) is 29.6 Å². The first-order valence-corrected chi connectivity index (χ1v) is 5.87. The number of urea groups is 1. The summed E-state index contributed by atoms with van der Waals surface area (Å²) in [4.78, 5) is 15.4. The number of hydrogen-bond donors (Lipinski definition) is 3. The summed E-state index contributed by atoms with van der Waals surface area (Å²) in [5, 5.41) is 7.52. The first kappa shape index (κ1) is 11.4. The molecule has 1 aromatic heterocycles. The summed E-state index contributed by atoms with van der Waals surface area (Å²) in [6.07, 6.45) is 0. The number of hydrogen-bond acceptors (Lipinski definition) is 4. The molecule has 0 spiro atoms. The van der Waals surface area contributed by atoms with E-state index in [9.17, 15) is 4.79 Å². The van der Waals surface area contributed by atoms with Gasteiger partial charge in [-0.3, -0.25) is 5.32 Å². The van der Waals surface area contributed by atoms with Gasteiger partial charge in [0.15, 0.2) is 5.13 Å². The van der Waals surface area contributed by atoms with Gasteiger partial charge in [0, 0.05) is 23.7 Å². The maximum absolute atomic E-state index is 11.1. The molecule has 5 nitrogen and oxygen atoms in total. The molecule has 2 rings (SSSR count). The van der Waals surface area contributed by atoms with Crippen LogP contribution in [0.15, 0.2) is 29.6 Å². The topological polar surface area (TPSA) is 80.0 Å². The molecule has 0 aliphatic carbocycles. The summed E-state index contributed by atoms with van der Waals surface area (Å²) >= 11 is 1.37.